The maximum Gasteiger partial charge on any atom is 0.326 e. The molecule has 4 unspecified atom stereocenters. The maximum atomic E-state index is 13.0. The van der Waals surface area contributed by atoms with Crippen molar-refractivity contribution in [2.24, 2.45) is 11.7 Å². The highest BCUT2D eigenvalue weighted by molar-refractivity contribution is 5.94. The van der Waals surface area contributed by atoms with Crippen LogP contribution >= 0.6 is 0 Å². The maximum absolute atomic E-state index is 13.0. The molecular weight excluding hydrogens is 436 g/mol. The summed E-state index contributed by atoms with van der Waals surface area (Å²) in [6.45, 7) is 3.04. The topological polar surface area (TPSA) is 208 Å². The summed E-state index contributed by atoms with van der Waals surface area (Å²) in [5, 5.41) is 34.6. The largest absolute Gasteiger partial charge is 0.508 e. The minimum atomic E-state index is -1.68. The van der Waals surface area contributed by atoms with Crippen LogP contribution < -0.4 is 21.7 Å². The Kier molecular flexibility index (Phi) is 10.8. The van der Waals surface area contributed by atoms with Gasteiger partial charge < -0.3 is 37.0 Å². The molecule has 0 spiro atoms. The van der Waals surface area contributed by atoms with Gasteiger partial charge in [0.2, 0.25) is 17.7 Å². The number of phenols is 1. The Morgan fingerprint density at radius 2 is 1.55 bits per heavy atom. The zero-order valence-electron chi connectivity index (χ0n) is 18.4. The van der Waals surface area contributed by atoms with Gasteiger partial charge in [-0.2, -0.15) is 0 Å². The molecule has 0 saturated carbocycles. The highest BCUT2D eigenvalue weighted by Crippen LogP contribution is 2.13. The Morgan fingerprint density at radius 3 is 2.03 bits per heavy atom. The van der Waals surface area contributed by atoms with E-state index < -0.39 is 60.1 Å². The Labute approximate surface area is 190 Å². The molecule has 0 aliphatic carbocycles. The molecule has 12 heteroatoms. The van der Waals surface area contributed by atoms with Crippen LogP contribution in [0.4, 0.5) is 0 Å². The molecule has 0 fully saturated rings. The molecule has 1 aromatic carbocycles. The van der Waals surface area contributed by atoms with Crippen LogP contribution in [0.15, 0.2) is 24.3 Å². The van der Waals surface area contributed by atoms with Crippen molar-refractivity contribution in [3.8, 4) is 5.75 Å². The summed E-state index contributed by atoms with van der Waals surface area (Å²) >= 11 is 0. The number of nitrogens with two attached hydrogens (primary N) is 1. The summed E-state index contributed by atoms with van der Waals surface area (Å²) in [5.74, 6) is -5.53. The van der Waals surface area contributed by atoms with Crippen molar-refractivity contribution in [1.29, 1.82) is 0 Å². The number of nitrogens with one attached hydrogen (secondary N) is 3. The van der Waals surface area contributed by atoms with Gasteiger partial charge in [0, 0.05) is 6.42 Å². The first-order valence-corrected chi connectivity index (χ1v) is 10.3. The van der Waals surface area contributed by atoms with Gasteiger partial charge in [0.1, 0.15) is 23.9 Å². The highest BCUT2D eigenvalue weighted by Gasteiger charge is 2.33. The number of hydrogen-bond donors (Lipinski definition) is 7. The van der Waals surface area contributed by atoms with Gasteiger partial charge in [-0.25, -0.2) is 4.79 Å². The van der Waals surface area contributed by atoms with Gasteiger partial charge in [-0.15, -0.1) is 0 Å². The predicted octanol–water partition coefficient (Wildman–Crippen LogP) is -1.05. The molecule has 8 N–H and O–H groups in total. The van der Waals surface area contributed by atoms with E-state index in [2.05, 4.69) is 16.0 Å². The minimum Gasteiger partial charge on any atom is -0.508 e. The number of carboxylic acid groups (broad SMARTS) is 2. The Hall–Kier alpha value is -3.67. The molecule has 0 aliphatic heterocycles. The molecule has 3 amide bonds. The summed E-state index contributed by atoms with van der Waals surface area (Å²) in [5.41, 5.74) is 5.94. The van der Waals surface area contributed by atoms with Gasteiger partial charge in [0.15, 0.2) is 0 Å². The second-order valence-corrected chi connectivity index (χ2v) is 7.56. The molecule has 12 nitrogen and oxygen atoms in total. The van der Waals surface area contributed by atoms with E-state index in [9.17, 15) is 34.2 Å². The fraction of sp³-hybridized carbons (Fsp3) is 0.476. The van der Waals surface area contributed by atoms with E-state index in [1.54, 1.807) is 26.0 Å². The quantitative estimate of drug-likeness (QED) is 0.189. The number of hydrogen-bond acceptors (Lipinski definition) is 7. The van der Waals surface area contributed by atoms with Gasteiger partial charge in [0.05, 0.1) is 13.0 Å². The van der Waals surface area contributed by atoms with Crippen LogP contribution in [0.3, 0.4) is 0 Å². The fourth-order valence-electron chi connectivity index (χ4n) is 2.92. The van der Waals surface area contributed by atoms with Crippen molar-refractivity contribution in [3.63, 3.8) is 0 Å². The lowest BCUT2D eigenvalue weighted by Crippen LogP contribution is -2.58. The number of amides is 3. The van der Waals surface area contributed by atoms with Gasteiger partial charge in [-0.1, -0.05) is 32.4 Å². The SMILES string of the molecule is CCC(C)C(NC(=O)C(Cc1ccc(O)cc1)NC(=O)CN)C(=O)NC(CC(=O)O)C(=O)O. The third-order valence-electron chi connectivity index (χ3n) is 5.00. The molecule has 0 aromatic heterocycles. The van der Waals surface area contributed by atoms with E-state index in [0.29, 0.717) is 12.0 Å². The smallest absolute Gasteiger partial charge is 0.326 e. The number of carboxylic acids is 2. The molecule has 0 bridgehead atoms. The second-order valence-electron chi connectivity index (χ2n) is 7.56. The van der Waals surface area contributed by atoms with Crippen molar-refractivity contribution in [1.82, 2.24) is 16.0 Å². The van der Waals surface area contributed by atoms with Crippen LogP contribution in [0.1, 0.15) is 32.3 Å². The van der Waals surface area contributed by atoms with Gasteiger partial charge >= 0.3 is 11.9 Å². The molecule has 0 saturated heterocycles. The van der Waals surface area contributed by atoms with Crippen LogP contribution in [0, 0.1) is 5.92 Å². The summed E-state index contributed by atoms with van der Waals surface area (Å²) in [6.07, 6.45) is -0.367. The summed E-state index contributed by atoms with van der Waals surface area (Å²) < 4.78 is 0. The van der Waals surface area contributed by atoms with Gasteiger partial charge in [-0.05, 0) is 23.6 Å². The predicted molar refractivity (Wildman–Crippen MR) is 116 cm³/mol. The van der Waals surface area contributed by atoms with E-state index in [1.807, 2.05) is 0 Å². The van der Waals surface area contributed by atoms with Gasteiger partial charge in [-0.3, -0.25) is 19.2 Å². The number of aliphatic carboxylic acids is 2. The summed E-state index contributed by atoms with van der Waals surface area (Å²) in [6, 6.07) is 1.98. The third kappa shape index (κ3) is 9.15. The lowest BCUT2D eigenvalue weighted by Gasteiger charge is -2.27. The Morgan fingerprint density at radius 1 is 0.939 bits per heavy atom. The van der Waals surface area contributed by atoms with Crippen LogP contribution in [-0.2, 0) is 30.4 Å². The number of benzene rings is 1. The van der Waals surface area contributed by atoms with Crippen LogP contribution in [0.2, 0.25) is 0 Å². The van der Waals surface area contributed by atoms with E-state index in [0.717, 1.165) is 0 Å². The number of phenolic OH excluding ortho intramolecular Hbond substituents is 1. The molecule has 0 aliphatic rings. The monoisotopic (exact) mass is 466 g/mol. The number of aromatic hydroxyl groups is 1. The molecule has 4 atom stereocenters. The first kappa shape index (κ1) is 27.4. The molecule has 1 aromatic rings. The number of carbonyl (C=O) groups excluding carboxylic acids is 3. The van der Waals surface area contributed by atoms with E-state index >= 15 is 0 Å². The lowest BCUT2D eigenvalue weighted by atomic mass is 9.96. The van der Waals surface area contributed by atoms with E-state index in [4.69, 9.17) is 10.8 Å². The summed E-state index contributed by atoms with van der Waals surface area (Å²) in [7, 11) is 0. The average Bonchev–Trinajstić information content (AvgIpc) is 2.76. The minimum absolute atomic E-state index is 0.0218. The zero-order chi connectivity index (χ0) is 25.1. The van der Waals surface area contributed by atoms with Crippen LogP contribution in [0.5, 0.6) is 5.75 Å². The van der Waals surface area contributed by atoms with Crippen molar-refractivity contribution in [2.75, 3.05) is 6.54 Å². The average molecular weight is 466 g/mol. The van der Waals surface area contributed by atoms with Crippen molar-refractivity contribution in [2.45, 2.75) is 51.2 Å². The van der Waals surface area contributed by atoms with Crippen molar-refractivity contribution >= 4 is 29.7 Å². The van der Waals surface area contributed by atoms with Crippen LogP contribution in [0.25, 0.3) is 0 Å². The standard InChI is InChI=1S/C21H30N4O8/c1-3-11(2)18(20(31)24-15(21(32)33)9-17(28)29)25-19(30)14(23-16(27)10-22)8-12-4-6-13(26)7-5-12/h4-7,11,14-15,18,26H,3,8-10,22H2,1-2H3,(H,23,27)(H,24,31)(H,25,30)(H,28,29)(H,32,33). The van der Waals surface area contributed by atoms with Crippen molar-refractivity contribution in [3.05, 3.63) is 29.8 Å². The lowest BCUT2D eigenvalue weighted by molar-refractivity contribution is -0.147. The fourth-order valence-corrected chi connectivity index (χ4v) is 2.92. The third-order valence-corrected chi connectivity index (χ3v) is 5.00. The van der Waals surface area contributed by atoms with Crippen LogP contribution in [-0.4, -0.2) is 69.7 Å². The highest BCUT2D eigenvalue weighted by atomic mass is 16.4. The summed E-state index contributed by atoms with van der Waals surface area (Å²) in [4.78, 5) is 59.8. The first-order valence-electron chi connectivity index (χ1n) is 10.3. The number of carbonyl (C=O) groups is 5. The molecular formula is C21H30N4O8. The van der Waals surface area contributed by atoms with E-state index in [-0.39, 0.29) is 18.7 Å². The Bertz CT molecular complexity index is 858. The van der Waals surface area contributed by atoms with Crippen molar-refractivity contribution < 1.29 is 39.3 Å². The first-order chi connectivity index (χ1) is 15.5. The van der Waals surface area contributed by atoms with Gasteiger partial charge in [0.25, 0.3) is 0 Å². The zero-order valence-corrected chi connectivity index (χ0v) is 18.4. The molecule has 0 radical (unpaired) electrons. The molecule has 1 rings (SSSR count). The molecule has 0 heterocycles. The second kappa shape index (κ2) is 13.0. The number of rotatable bonds is 13. The normalized spacial score (nSPS) is 14.3. The Balaban J connectivity index is 3.07. The molecule has 182 valence electrons. The van der Waals surface area contributed by atoms with E-state index in [1.165, 1.54) is 12.1 Å². The molecule has 33 heavy (non-hydrogen) atoms.